The highest BCUT2D eigenvalue weighted by Crippen LogP contribution is 2.32. The molecule has 18 heavy (non-hydrogen) atoms. The number of hydrogen-bond donors (Lipinski definition) is 0. The van der Waals surface area contributed by atoms with Gasteiger partial charge in [-0.1, -0.05) is 38.6 Å². The van der Waals surface area contributed by atoms with Crippen molar-refractivity contribution in [2.45, 2.75) is 39.5 Å². The molecule has 1 heteroatoms. The van der Waals surface area contributed by atoms with Crippen molar-refractivity contribution in [3.63, 3.8) is 0 Å². The van der Waals surface area contributed by atoms with Crippen LogP contribution in [0.2, 0.25) is 0 Å². The molecule has 0 aliphatic heterocycles. The van der Waals surface area contributed by atoms with Gasteiger partial charge in [0, 0.05) is 0 Å². The maximum Gasteiger partial charge on any atom is 0.115 e. The fourth-order valence-electron chi connectivity index (χ4n) is 2.53. The smallest absolute Gasteiger partial charge is 0.115 e. The summed E-state index contributed by atoms with van der Waals surface area (Å²) in [4.78, 5) is 0. The Hall–Kier alpha value is -1.50. The van der Waals surface area contributed by atoms with Crippen LogP contribution < -0.4 is 0 Å². The highest BCUT2D eigenvalue weighted by molar-refractivity contribution is 5.66. The molecule has 0 fully saturated rings. The van der Waals surface area contributed by atoms with Crippen LogP contribution in [-0.4, -0.2) is 6.61 Å². The summed E-state index contributed by atoms with van der Waals surface area (Å²) >= 11 is 0. The van der Waals surface area contributed by atoms with Crippen LogP contribution in [0, 0.1) is 0 Å². The molecule has 0 aromatic heterocycles. The van der Waals surface area contributed by atoms with Gasteiger partial charge in [-0.25, -0.2) is 0 Å². The van der Waals surface area contributed by atoms with Crippen molar-refractivity contribution in [3.8, 4) is 0 Å². The largest absolute Gasteiger partial charge is 0.494 e. The minimum atomic E-state index is 0.552. The van der Waals surface area contributed by atoms with Crippen LogP contribution in [0.4, 0.5) is 0 Å². The zero-order valence-electron chi connectivity index (χ0n) is 11.6. The Morgan fingerprint density at radius 1 is 1.33 bits per heavy atom. The summed E-state index contributed by atoms with van der Waals surface area (Å²) in [5.74, 6) is 1.39. The Morgan fingerprint density at radius 3 is 2.78 bits per heavy atom. The molecular weight excluding hydrogens is 220 g/mol. The van der Waals surface area contributed by atoms with E-state index in [1.165, 1.54) is 22.3 Å². The van der Waals surface area contributed by atoms with Crippen molar-refractivity contribution < 1.29 is 4.74 Å². The third-order valence-corrected chi connectivity index (χ3v) is 3.51. The summed E-state index contributed by atoms with van der Waals surface area (Å²) in [5, 5.41) is 0. The third-order valence-electron chi connectivity index (χ3n) is 3.51. The van der Waals surface area contributed by atoms with Crippen LogP contribution >= 0.6 is 0 Å². The Morgan fingerprint density at radius 2 is 2.11 bits per heavy atom. The van der Waals surface area contributed by atoms with E-state index in [-0.39, 0.29) is 0 Å². The van der Waals surface area contributed by atoms with E-state index >= 15 is 0 Å². The molecule has 0 amide bonds. The molecule has 1 aromatic carbocycles. The predicted octanol–water partition coefficient (Wildman–Crippen LogP) is 4.69. The van der Waals surface area contributed by atoms with Gasteiger partial charge < -0.3 is 4.74 Å². The summed E-state index contributed by atoms with van der Waals surface area (Å²) in [7, 11) is 0. The van der Waals surface area contributed by atoms with Gasteiger partial charge in [0.05, 0.1) is 6.61 Å². The molecule has 0 radical (unpaired) electrons. The number of benzene rings is 1. The maximum atomic E-state index is 5.53. The molecule has 0 spiro atoms. The second-order valence-corrected chi connectivity index (χ2v) is 5.10. The molecule has 0 heterocycles. The second-order valence-electron chi connectivity index (χ2n) is 5.10. The zero-order valence-corrected chi connectivity index (χ0v) is 11.6. The van der Waals surface area contributed by atoms with E-state index in [4.69, 9.17) is 4.74 Å². The first kappa shape index (κ1) is 12.9. The average Bonchev–Trinajstić information content (AvgIpc) is 2.37. The molecule has 0 unspecified atom stereocenters. The van der Waals surface area contributed by atoms with Crippen LogP contribution in [-0.2, 0) is 11.2 Å². The van der Waals surface area contributed by atoms with Gasteiger partial charge >= 0.3 is 0 Å². The van der Waals surface area contributed by atoms with Gasteiger partial charge in [0.25, 0.3) is 0 Å². The molecule has 1 aliphatic carbocycles. The van der Waals surface area contributed by atoms with Gasteiger partial charge in [0.2, 0.25) is 0 Å². The first-order valence-electron chi connectivity index (χ1n) is 6.78. The van der Waals surface area contributed by atoms with Gasteiger partial charge in [-0.2, -0.15) is 0 Å². The number of ether oxygens (including phenoxy) is 1. The lowest BCUT2D eigenvalue weighted by Gasteiger charge is -2.22. The standard InChI is InChI=1S/C17H22O/c1-5-18-13(4)15-10-9-14-7-6-8-16(12(2)3)17(14)11-15/h6-8,11-12H,4-5,9-10H2,1-3H3. The van der Waals surface area contributed by atoms with E-state index in [2.05, 4.69) is 44.7 Å². The fraction of sp³-hybridized carbons (Fsp3) is 0.412. The molecule has 0 N–H and O–H groups in total. The number of hydrogen-bond acceptors (Lipinski definition) is 1. The van der Waals surface area contributed by atoms with Crippen molar-refractivity contribution in [2.75, 3.05) is 6.61 Å². The molecule has 1 aromatic rings. The minimum Gasteiger partial charge on any atom is -0.494 e. The molecule has 0 saturated heterocycles. The van der Waals surface area contributed by atoms with Crippen LogP contribution in [0.3, 0.4) is 0 Å². The number of aryl methyl sites for hydroxylation is 1. The van der Waals surface area contributed by atoms with E-state index in [1.54, 1.807) is 0 Å². The molecule has 0 atom stereocenters. The molecule has 1 aliphatic rings. The number of fused-ring (bicyclic) bond motifs is 1. The van der Waals surface area contributed by atoms with Gasteiger partial charge in [-0.3, -0.25) is 0 Å². The Labute approximate surface area is 110 Å². The lowest BCUT2D eigenvalue weighted by atomic mass is 9.85. The second kappa shape index (κ2) is 5.43. The summed E-state index contributed by atoms with van der Waals surface area (Å²) in [6.45, 7) is 11.2. The van der Waals surface area contributed by atoms with Gasteiger partial charge in [-0.15, -0.1) is 0 Å². The summed E-state index contributed by atoms with van der Waals surface area (Å²) in [5.41, 5.74) is 5.51. The SMILES string of the molecule is C=C(OCC)C1=Cc2c(cccc2C(C)C)CC1. The molecular formula is C17H22O. The van der Waals surface area contributed by atoms with Gasteiger partial charge in [0.15, 0.2) is 0 Å². The van der Waals surface area contributed by atoms with E-state index < -0.39 is 0 Å². The summed E-state index contributed by atoms with van der Waals surface area (Å²) in [6.07, 6.45) is 4.40. The van der Waals surface area contributed by atoms with Gasteiger partial charge in [-0.05, 0) is 54.0 Å². The van der Waals surface area contributed by atoms with Crippen LogP contribution in [0.25, 0.3) is 6.08 Å². The maximum absolute atomic E-state index is 5.53. The van der Waals surface area contributed by atoms with Gasteiger partial charge in [0.1, 0.15) is 5.76 Å². The van der Waals surface area contributed by atoms with Crippen molar-refractivity contribution in [1.29, 1.82) is 0 Å². The number of allylic oxidation sites excluding steroid dienone is 1. The average molecular weight is 242 g/mol. The highest BCUT2D eigenvalue weighted by atomic mass is 16.5. The summed E-state index contributed by atoms with van der Waals surface area (Å²) < 4.78 is 5.53. The Balaban J connectivity index is 2.40. The first-order chi connectivity index (χ1) is 8.63. The third kappa shape index (κ3) is 2.50. The van der Waals surface area contributed by atoms with Crippen LogP contribution in [0.5, 0.6) is 0 Å². The van der Waals surface area contributed by atoms with Crippen LogP contribution in [0.1, 0.15) is 49.8 Å². The topological polar surface area (TPSA) is 9.23 Å². The monoisotopic (exact) mass is 242 g/mol. The summed E-state index contributed by atoms with van der Waals surface area (Å²) in [6, 6.07) is 6.63. The lowest BCUT2D eigenvalue weighted by Crippen LogP contribution is -2.06. The molecule has 0 bridgehead atoms. The van der Waals surface area contributed by atoms with E-state index in [1.807, 2.05) is 6.92 Å². The molecule has 2 rings (SSSR count). The molecule has 0 saturated carbocycles. The number of rotatable bonds is 4. The lowest BCUT2D eigenvalue weighted by molar-refractivity contribution is 0.238. The fourth-order valence-corrected chi connectivity index (χ4v) is 2.53. The Bertz CT molecular complexity index is 480. The van der Waals surface area contributed by atoms with Crippen molar-refractivity contribution >= 4 is 6.08 Å². The molecule has 1 nitrogen and oxygen atoms in total. The normalized spacial score (nSPS) is 14.1. The van der Waals surface area contributed by atoms with Crippen molar-refractivity contribution in [2.24, 2.45) is 0 Å². The van der Waals surface area contributed by atoms with Crippen molar-refractivity contribution in [1.82, 2.24) is 0 Å². The van der Waals surface area contributed by atoms with Crippen molar-refractivity contribution in [3.05, 3.63) is 52.8 Å². The Kier molecular flexibility index (Phi) is 3.90. The zero-order chi connectivity index (χ0) is 13.1. The quantitative estimate of drug-likeness (QED) is 0.696. The van der Waals surface area contributed by atoms with Crippen LogP contribution in [0.15, 0.2) is 36.1 Å². The predicted molar refractivity (Wildman–Crippen MR) is 77.6 cm³/mol. The van der Waals surface area contributed by atoms with E-state index in [0.29, 0.717) is 12.5 Å². The van der Waals surface area contributed by atoms with E-state index in [0.717, 1.165) is 18.6 Å². The minimum absolute atomic E-state index is 0.552. The highest BCUT2D eigenvalue weighted by Gasteiger charge is 2.16. The molecule has 96 valence electrons. The first-order valence-corrected chi connectivity index (χ1v) is 6.78. The van der Waals surface area contributed by atoms with E-state index in [9.17, 15) is 0 Å².